The standard InChI is InChI=1S/C53H62N10O8S/c1-33-43-16-15-42(70-52-55-17-8-18-56-52)28-46(43)71-51(67)44(33)26-36-9-7-10-39(25-36)57-29-40-30-62(61-60-40)20-22-69-24-23-68-21-19-54-48(53(4,5)6)50(66)63-31-41(64)27-45(63)49(65)59-34(2)37-11-13-38(14-12-37)47-35(3)58-32-72-47/h7-18,25,28,30,32,34,41,45,48,54,57,64H,19-24,26-27,29,31H2,1-6H3,(H,59,65)/t34-,41+,45-,48+/m0/s1. The minimum absolute atomic E-state index is 0.0850. The fourth-order valence-corrected chi connectivity index (χ4v) is 9.50. The van der Waals surface area contributed by atoms with Gasteiger partial charge in [0.25, 0.3) is 0 Å². The molecule has 19 heteroatoms. The molecule has 4 N–H and O–H groups in total. The van der Waals surface area contributed by atoms with Gasteiger partial charge in [0.1, 0.15) is 23.1 Å². The minimum Gasteiger partial charge on any atom is -0.424 e. The molecule has 2 amide bonds. The van der Waals surface area contributed by atoms with Gasteiger partial charge in [-0.2, -0.15) is 0 Å². The van der Waals surface area contributed by atoms with Crippen molar-refractivity contribution in [2.75, 3.05) is 44.8 Å². The highest BCUT2D eigenvalue weighted by atomic mass is 32.1. The molecule has 5 heterocycles. The second-order valence-electron chi connectivity index (χ2n) is 19.0. The van der Waals surface area contributed by atoms with Crippen LogP contribution >= 0.6 is 11.3 Å². The number of hydrogen-bond donors (Lipinski definition) is 4. The Labute approximate surface area is 422 Å². The van der Waals surface area contributed by atoms with Crippen LogP contribution in [0.4, 0.5) is 5.69 Å². The smallest absolute Gasteiger partial charge is 0.340 e. The maximum Gasteiger partial charge on any atom is 0.340 e. The predicted molar refractivity (Wildman–Crippen MR) is 274 cm³/mol. The summed E-state index contributed by atoms with van der Waals surface area (Å²) in [6.07, 6.45) is 4.81. The van der Waals surface area contributed by atoms with Crippen molar-refractivity contribution >= 4 is 39.8 Å². The molecule has 4 aromatic heterocycles. The van der Waals surface area contributed by atoms with E-state index in [1.165, 1.54) is 4.90 Å². The third kappa shape index (κ3) is 13.1. The molecule has 1 aliphatic heterocycles. The van der Waals surface area contributed by atoms with Crippen molar-refractivity contribution in [2.45, 2.75) is 91.7 Å². The molecule has 0 bridgehead atoms. The molecule has 1 fully saturated rings. The van der Waals surface area contributed by atoms with Crippen LogP contribution in [0.2, 0.25) is 0 Å². The number of aryl methyl sites for hydroxylation is 2. The number of carbonyl (C=O) groups excluding carboxylic acids is 2. The summed E-state index contributed by atoms with van der Waals surface area (Å²) in [5, 5.41) is 29.9. The van der Waals surface area contributed by atoms with Crippen LogP contribution in [0.3, 0.4) is 0 Å². The molecule has 1 saturated heterocycles. The van der Waals surface area contributed by atoms with Gasteiger partial charge in [-0.1, -0.05) is 62.4 Å². The number of likely N-dealkylation sites (tertiary alicyclic amines) is 1. The molecular weight excluding hydrogens is 937 g/mol. The van der Waals surface area contributed by atoms with Gasteiger partial charge < -0.3 is 44.6 Å². The predicted octanol–water partition coefficient (Wildman–Crippen LogP) is 6.79. The zero-order chi connectivity index (χ0) is 50.8. The second-order valence-corrected chi connectivity index (χ2v) is 19.8. The molecule has 0 aliphatic carbocycles. The lowest BCUT2D eigenvalue weighted by Crippen LogP contribution is -2.57. The van der Waals surface area contributed by atoms with Gasteiger partial charge in [-0.3, -0.25) is 9.59 Å². The largest absolute Gasteiger partial charge is 0.424 e. The quantitative estimate of drug-likeness (QED) is 0.0406. The van der Waals surface area contributed by atoms with Crippen molar-refractivity contribution < 1.29 is 33.3 Å². The first-order chi connectivity index (χ1) is 34.7. The summed E-state index contributed by atoms with van der Waals surface area (Å²) in [6, 6.07) is 21.5. The van der Waals surface area contributed by atoms with Gasteiger partial charge in [0.15, 0.2) is 0 Å². The van der Waals surface area contributed by atoms with Crippen LogP contribution in [0.5, 0.6) is 11.8 Å². The lowest BCUT2D eigenvalue weighted by atomic mass is 9.85. The summed E-state index contributed by atoms with van der Waals surface area (Å²) >= 11 is 1.59. The van der Waals surface area contributed by atoms with E-state index in [0.29, 0.717) is 69.4 Å². The minimum atomic E-state index is -0.800. The fraction of sp³-hybridized carbons (Fsp3) is 0.396. The molecule has 8 rings (SSSR count). The molecule has 0 unspecified atom stereocenters. The van der Waals surface area contributed by atoms with E-state index in [0.717, 1.165) is 49.6 Å². The Hall–Kier alpha value is -6.90. The van der Waals surface area contributed by atoms with E-state index in [1.807, 2.05) is 108 Å². The van der Waals surface area contributed by atoms with E-state index >= 15 is 0 Å². The number of anilines is 1. The van der Waals surface area contributed by atoms with Crippen molar-refractivity contribution in [3.63, 3.8) is 0 Å². The summed E-state index contributed by atoms with van der Waals surface area (Å²) in [5.74, 6) is -0.0595. The Morgan fingerprint density at radius 3 is 2.49 bits per heavy atom. The van der Waals surface area contributed by atoms with Gasteiger partial charge in [0, 0.05) is 61.0 Å². The first-order valence-electron chi connectivity index (χ1n) is 24.1. The highest BCUT2D eigenvalue weighted by molar-refractivity contribution is 7.13. The Balaban J connectivity index is 0.730. The molecule has 378 valence electrons. The van der Waals surface area contributed by atoms with Crippen molar-refractivity contribution in [3.8, 4) is 22.2 Å². The number of fused-ring (bicyclic) bond motifs is 1. The van der Waals surface area contributed by atoms with E-state index in [2.05, 4.69) is 41.2 Å². The lowest BCUT2D eigenvalue weighted by molar-refractivity contribution is -0.142. The van der Waals surface area contributed by atoms with Crippen molar-refractivity contribution in [3.05, 3.63) is 141 Å². The number of aromatic nitrogens is 6. The number of aliphatic hydroxyl groups is 1. The monoisotopic (exact) mass is 998 g/mol. The fourth-order valence-electron chi connectivity index (χ4n) is 8.69. The first kappa shape index (κ1) is 51.5. The van der Waals surface area contributed by atoms with E-state index < -0.39 is 29.2 Å². The maximum atomic E-state index is 14.1. The SMILES string of the molecule is Cc1ncsc1-c1ccc([C@H](C)NC(=O)[C@@H]2C[C@@H](O)CN2C(=O)[C@@H](NCCOCCOCCn2cc(CNc3cccc(Cc4c(C)c5ccc(Oc6ncccn6)cc5oc4=O)c3)nn2)C(C)(C)C)cc1. The normalized spacial score (nSPS) is 15.7. The zero-order valence-electron chi connectivity index (χ0n) is 41.5. The molecule has 3 aromatic carbocycles. The number of rotatable bonds is 22. The zero-order valence-corrected chi connectivity index (χ0v) is 42.3. The van der Waals surface area contributed by atoms with Crippen molar-refractivity contribution in [1.29, 1.82) is 0 Å². The van der Waals surface area contributed by atoms with Gasteiger partial charge in [0.05, 0.1) is 80.0 Å². The summed E-state index contributed by atoms with van der Waals surface area (Å²) in [7, 11) is 0. The number of carbonyl (C=O) groups is 2. The number of thiazole rings is 1. The third-order valence-corrected chi connectivity index (χ3v) is 13.5. The van der Waals surface area contributed by atoms with Crippen molar-refractivity contribution in [1.82, 2.24) is 45.5 Å². The molecule has 0 saturated carbocycles. The van der Waals surface area contributed by atoms with Crippen LogP contribution < -0.4 is 26.3 Å². The van der Waals surface area contributed by atoms with Gasteiger partial charge in [-0.15, -0.1) is 16.4 Å². The Kier molecular flexibility index (Phi) is 16.8. The molecule has 0 radical (unpaired) electrons. The van der Waals surface area contributed by atoms with Crippen LogP contribution in [0.15, 0.2) is 106 Å². The Morgan fingerprint density at radius 1 is 0.958 bits per heavy atom. The van der Waals surface area contributed by atoms with Crippen LogP contribution in [0, 0.1) is 19.3 Å². The Morgan fingerprint density at radius 2 is 1.74 bits per heavy atom. The molecule has 72 heavy (non-hydrogen) atoms. The van der Waals surface area contributed by atoms with Gasteiger partial charge in [-0.05, 0) is 78.8 Å². The van der Waals surface area contributed by atoms with E-state index in [4.69, 9.17) is 18.6 Å². The average molecular weight is 999 g/mol. The number of β-amino-alcohol motifs (C(OH)–C–C–N with tert-alkyl or cyclic N) is 1. The topological polar surface area (TPSA) is 221 Å². The first-order valence-corrected chi connectivity index (χ1v) is 25.0. The van der Waals surface area contributed by atoms with Gasteiger partial charge in [-0.25, -0.2) is 24.4 Å². The van der Waals surface area contributed by atoms with Crippen LogP contribution in [0.1, 0.15) is 73.8 Å². The number of nitrogens with one attached hydrogen (secondary N) is 3. The highest BCUT2D eigenvalue weighted by Crippen LogP contribution is 2.31. The van der Waals surface area contributed by atoms with Gasteiger partial charge >= 0.3 is 11.6 Å². The van der Waals surface area contributed by atoms with Crippen molar-refractivity contribution in [2.24, 2.45) is 5.41 Å². The van der Waals surface area contributed by atoms with Crippen LogP contribution in [-0.2, 0) is 38.6 Å². The van der Waals surface area contributed by atoms with E-state index in [1.54, 1.807) is 46.6 Å². The molecule has 7 aromatic rings. The average Bonchev–Trinajstić information content (AvgIpc) is 4.12. The number of ether oxygens (including phenoxy) is 3. The molecule has 0 spiro atoms. The molecule has 1 aliphatic rings. The van der Waals surface area contributed by atoms with E-state index in [9.17, 15) is 19.5 Å². The number of amides is 2. The lowest BCUT2D eigenvalue weighted by Gasteiger charge is -2.35. The summed E-state index contributed by atoms with van der Waals surface area (Å²) in [4.78, 5) is 56.1. The van der Waals surface area contributed by atoms with Crippen LogP contribution in [0.25, 0.3) is 21.4 Å². The number of aliphatic hydroxyl groups excluding tert-OH is 1. The third-order valence-electron chi connectivity index (χ3n) is 12.6. The number of benzene rings is 3. The Bertz CT molecular complexity index is 2990. The summed E-state index contributed by atoms with van der Waals surface area (Å²) in [5.41, 5.74) is 8.36. The van der Waals surface area contributed by atoms with Crippen LogP contribution in [-0.4, -0.2) is 109 Å². The number of hydrogen-bond acceptors (Lipinski definition) is 16. The maximum absolute atomic E-state index is 14.1. The molecular formula is C53H62N10O8S. The molecule has 4 atom stereocenters. The second kappa shape index (κ2) is 23.6. The highest BCUT2D eigenvalue weighted by Gasteiger charge is 2.44. The molecule has 18 nitrogen and oxygen atoms in total. The summed E-state index contributed by atoms with van der Waals surface area (Å²) < 4.78 is 24.8. The van der Waals surface area contributed by atoms with E-state index in [-0.39, 0.29) is 36.8 Å². The summed E-state index contributed by atoms with van der Waals surface area (Å²) in [6.45, 7) is 14.7. The number of nitrogens with zero attached hydrogens (tertiary/aromatic N) is 7. The van der Waals surface area contributed by atoms with Gasteiger partial charge in [0.2, 0.25) is 11.8 Å².